The van der Waals surface area contributed by atoms with E-state index in [1.807, 2.05) is 0 Å². The fourth-order valence-corrected chi connectivity index (χ4v) is 3.17. The lowest BCUT2D eigenvalue weighted by Gasteiger charge is -2.22. The van der Waals surface area contributed by atoms with Gasteiger partial charge in [-0.2, -0.15) is 0 Å². The second kappa shape index (κ2) is 6.52. The summed E-state index contributed by atoms with van der Waals surface area (Å²) in [7, 11) is -3.39. The van der Waals surface area contributed by atoms with Crippen molar-refractivity contribution in [2.45, 2.75) is 18.9 Å². The van der Waals surface area contributed by atoms with E-state index in [0.29, 0.717) is 11.6 Å². The SMILES string of the molecule is O=S(=O)(C=Cc1ccc(Cl)cc1)NC1CCCNC1. The summed E-state index contributed by atoms with van der Waals surface area (Å²) in [6.45, 7) is 1.65. The molecular formula is C13H17ClN2O2S. The average molecular weight is 301 g/mol. The van der Waals surface area contributed by atoms with Gasteiger partial charge < -0.3 is 5.32 Å². The Labute approximate surface area is 118 Å². The molecule has 1 aliphatic heterocycles. The van der Waals surface area contributed by atoms with Gasteiger partial charge in [0, 0.05) is 23.0 Å². The lowest BCUT2D eigenvalue weighted by molar-refractivity contribution is 0.430. The van der Waals surface area contributed by atoms with Crippen molar-refractivity contribution in [3.63, 3.8) is 0 Å². The molecule has 1 aromatic carbocycles. The van der Waals surface area contributed by atoms with E-state index in [9.17, 15) is 8.42 Å². The molecule has 0 radical (unpaired) electrons. The lowest BCUT2D eigenvalue weighted by Crippen LogP contribution is -2.44. The van der Waals surface area contributed by atoms with Crippen LogP contribution in [0.25, 0.3) is 6.08 Å². The Morgan fingerprint density at radius 3 is 2.68 bits per heavy atom. The summed E-state index contributed by atoms with van der Waals surface area (Å²) in [6, 6.07) is 6.99. The summed E-state index contributed by atoms with van der Waals surface area (Å²) in [5.41, 5.74) is 0.802. The van der Waals surface area contributed by atoms with Crippen LogP contribution in [-0.2, 0) is 10.0 Å². The van der Waals surface area contributed by atoms with Gasteiger partial charge in [0.15, 0.2) is 0 Å². The van der Waals surface area contributed by atoms with Gasteiger partial charge in [-0.3, -0.25) is 0 Å². The molecule has 1 heterocycles. The molecule has 0 aliphatic carbocycles. The number of halogens is 1. The van der Waals surface area contributed by atoms with Gasteiger partial charge in [0.05, 0.1) is 0 Å². The smallest absolute Gasteiger partial charge is 0.234 e. The third-order valence-corrected chi connectivity index (χ3v) is 4.35. The van der Waals surface area contributed by atoms with E-state index < -0.39 is 10.0 Å². The van der Waals surface area contributed by atoms with E-state index >= 15 is 0 Å². The molecule has 1 saturated heterocycles. The number of piperidine rings is 1. The fourth-order valence-electron chi connectivity index (χ4n) is 1.97. The van der Waals surface area contributed by atoms with Crippen molar-refractivity contribution >= 4 is 27.7 Å². The number of hydrogen-bond donors (Lipinski definition) is 2. The van der Waals surface area contributed by atoms with Crippen LogP contribution in [0.2, 0.25) is 5.02 Å². The van der Waals surface area contributed by atoms with Crippen LogP contribution in [-0.4, -0.2) is 27.5 Å². The van der Waals surface area contributed by atoms with Crippen molar-refractivity contribution in [1.82, 2.24) is 10.0 Å². The maximum Gasteiger partial charge on any atom is 0.234 e. The lowest BCUT2D eigenvalue weighted by atomic mass is 10.1. The Morgan fingerprint density at radius 1 is 1.32 bits per heavy atom. The molecule has 1 aliphatic rings. The Morgan fingerprint density at radius 2 is 2.05 bits per heavy atom. The molecule has 1 atom stereocenters. The van der Waals surface area contributed by atoms with Crippen LogP contribution in [0.4, 0.5) is 0 Å². The standard InChI is InChI=1S/C13H17ClN2O2S/c14-12-5-3-11(4-6-12)7-9-19(17,18)16-13-2-1-8-15-10-13/h3-7,9,13,15-16H,1-2,8,10H2. The Bertz CT molecular complexity index is 534. The van der Waals surface area contributed by atoms with Gasteiger partial charge in [0.25, 0.3) is 0 Å². The van der Waals surface area contributed by atoms with Crippen molar-refractivity contribution in [1.29, 1.82) is 0 Å². The molecule has 1 fully saturated rings. The van der Waals surface area contributed by atoms with Crippen molar-refractivity contribution in [3.05, 3.63) is 40.3 Å². The number of hydrogen-bond acceptors (Lipinski definition) is 3. The molecule has 104 valence electrons. The van der Waals surface area contributed by atoms with Crippen LogP contribution in [0.1, 0.15) is 18.4 Å². The highest BCUT2D eigenvalue weighted by Gasteiger charge is 2.17. The van der Waals surface area contributed by atoms with Crippen LogP contribution in [0, 0.1) is 0 Å². The zero-order valence-corrected chi connectivity index (χ0v) is 12.0. The van der Waals surface area contributed by atoms with Crippen molar-refractivity contribution in [3.8, 4) is 0 Å². The number of benzene rings is 1. The molecular weight excluding hydrogens is 284 g/mol. The quantitative estimate of drug-likeness (QED) is 0.894. The number of rotatable bonds is 4. The monoisotopic (exact) mass is 300 g/mol. The van der Waals surface area contributed by atoms with Gasteiger partial charge in [-0.05, 0) is 43.2 Å². The van der Waals surface area contributed by atoms with Gasteiger partial charge in [-0.15, -0.1) is 0 Å². The Balaban J connectivity index is 1.97. The van der Waals surface area contributed by atoms with Gasteiger partial charge in [0.1, 0.15) is 0 Å². The van der Waals surface area contributed by atoms with Crippen LogP contribution in [0.5, 0.6) is 0 Å². The van der Waals surface area contributed by atoms with E-state index in [-0.39, 0.29) is 6.04 Å². The zero-order valence-electron chi connectivity index (χ0n) is 10.5. The Hall–Kier alpha value is -0.880. The predicted octanol–water partition coefficient (Wildman–Crippen LogP) is 1.98. The van der Waals surface area contributed by atoms with Gasteiger partial charge in [-0.25, -0.2) is 13.1 Å². The topological polar surface area (TPSA) is 58.2 Å². The summed E-state index contributed by atoms with van der Waals surface area (Å²) in [5, 5.41) is 5.00. The molecule has 2 N–H and O–H groups in total. The van der Waals surface area contributed by atoms with Gasteiger partial charge in [-0.1, -0.05) is 23.7 Å². The Kier molecular flexibility index (Phi) is 4.99. The normalized spacial score (nSPS) is 20.8. The molecule has 2 rings (SSSR count). The van der Waals surface area contributed by atoms with Crippen molar-refractivity contribution in [2.24, 2.45) is 0 Å². The average Bonchev–Trinajstić information content (AvgIpc) is 2.39. The van der Waals surface area contributed by atoms with Crippen molar-refractivity contribution in [2.75, 3.05) is 13.1 Å². The second-order valence-corrected chi connectivity index (χ2v) is 6.59. The van der Waals surface area contributed by atoms with Gasteiger partial charge in [0.2, 0.25) is 10.0 Å². The second-order valence-electron chi connectivity index (χ2n) is 4.56. The minimum atomic E-state index is -3.39. The van der Waals surface area contributed by atoms with E-state index in [2.05, 4.69) is 10.0 Å². The highest BCUT2D eigenvalue weighted by Crippen LogP contribution is 2.11. The molecule has 6 heteroatoms. The molecule has 1 aromatic rings. The highest BCUT2D eigenvalue weighted by molar-refractivity contribution is 7.92. The summed E-state index contributed by atoms with van der Waals surface area (Å²) in [4.78, 5) is 0. The fraction of sp³-hybridized carbons (Fsp3) is 0.385. The number of sulfonamides is 1. The summed E-state index contributed by atoms with van der Waals surface area (Å²) >= 11 is 5.77. The first kappa shape index (κ1) is 14.5. The third kappa shape index (κ3) is 4.95. The molecule has 19 heavy (non-hydrogen) atoms. The molecule has 0 aromatic heterocycles. The summed E-state index contributed by atoms with van der Waals surface area (Å²) in [6.07, 6.45) is 3.43. The first-order chi connectivity index (χ1) is 9.05. The van der Waals surface area contributed by atoms with E-state index in [1.165, 1.54) is 5.41 Å². The van der Waals surface area contributed by atoms with E-state index in [4.69, 9.17) is 11.6 Å². The van der Waals surface area contributed by atoms with Crippen LogP contribution < -0.4 is 10.0 Å². The van der Waals surface area contributed by atoms with E-state index in [0.717, 1.165) is 24.9 Å². The maximum atomic E-state index is 11.9. The largest absolute Gasteiger partial charge is 0.315 e. The molecule has 0 saturated carbocycles. The summed E-state index contributed by atoms with van der Waals surface area (Å²) in [5.74, 6) is 0. The third-order valence-electron chi connectivity index (χ3n) is 2.94. The molecule has 0 amide bonds. The minimum absolute atomic E-state index is 0.0198. The van der Waals surface area contributed by atoms with Crippen LogP contribution >= 0.6 is 11.6 Å². The van der Waals surface area contributed by atoms with Crippen LogP contribution in [0.15, 0.2) is 29.7 Å². The molecule has 0 bridgehead atoms. The maximum absolute atomic E-state index is 11.9. The van der Waals surface area contributed by atoms with Gasteiger partial charge >= 0.3 is 0 Å². The van der Waals surface area contributed by atoms with Crippen molar-refractivity contribution < 1.29 is 8.42 Å². The zero-order chi connectivity index (χ0) is 13.7. The van der Waals surface area contributed by atoms with E-state index in [1.54, 1.807) is 30.3 Å². The summed E-state index contributed by atoms with van der Waals surface area (Å²) < 4.78 is 26.4. The molecule has 1 unspecified atom stereocenters. The molecule has 4 nitrogen and oxygen atoms in total. The number of nitrogens with one attached hydrogen (secondary N) is 2. The predicted molar refractivity (Wildman–Crippen MR) is 78.4 cm³/mol. The molecule has 0 spiro atoms. The minimum Gasteiger partial charge on any atom is -0.315 e. The highest BCUT2D eigenvalue weighted by atomic mass is 35.5. The first-order valence-corrected chi connectivity index (χ1v) is 8.14. The first-order valence-electron chi connectivity index (χ1n) is 6.22. The van der Waals surface area contributed by atoms with Crippen LogP contribution in [0.3, 0.4) is 0 Å².